The summed E-state index contributed by atoms with van der Waals surface area (Å²) in [6, 6.07) is 3.60. The van der Waals surface area contributed by atoms with Crippen LogP contribution in [0.2, 0.25) is 0 Å². The van der Waals surface area contributed by atoms with E-state index in [1.165, 1.54) is 0 Å². The van der Waals surface area contributed by atoms with Crippen LogP contribution in [0.1, 0.15) is 19.7 Å². The molecule has 0 N–H and O–H groups in total. The van der Waals surface area contributed by atoms with Crippen LogP contribution in [0.25, 0.3) is 11.6 Å². The standard InChI is InChI=1S/C17H25N5O3/c1-3-22(4-2)16(23)13-21-9-7-20(8-10-21)12-15-18-17(19-25-15)14-6-5-11-24-14/h5-6,11H,3-4,7-10,12-13H2,1-2H3. The molecular weight excluding hydrogens is 322 g/mol. The lowest BCUT2D eigenvalue weighted by Gasteiger charge is -2.34. The highest BCUT2D eigenvalue weighted by molar-refractivity contribution is 5.78. The lowest BCUT2D eigenvalue weighted by Crippen LogP contribution is -2.49. The van der Waals surface area contributed by atoms with E-state index in [1.807, 2.05) is 18.7 Å². The number of nitrogens with zero attached hydrogens (tertiary/aromatic N) is 5. The van der Waals surface area contributed by atoms with Crippen LogP contribution in [0.5, 0.6) is 0 Å². The maximum absolute atomic E-state index is 12.2. The molecule has 3 rings (SSSR count). The molecular formula is C17H25N5O3. The average molecular weight is 347 g/mol. The summed E-state index contributed by atoms with van der Waals surface area (Å²) in [5, 5.41) is 3.95. The minimum atomic E-state index is 0.207. The molecule has 1 aliphatic heterocycles. The molecule has 2 aromatic heterocycles. The van der Waals surface area contributed by atoms with E-state index in [0.29, 0.717) is 30.6 Å². The van der Waals surface area contributed by atoms with Gasteiger partial charge in [-0.15, -0.1) is 0 Å². The molecule has 8 heteroatoms. The van der Waals surface area contributed by atoms with Gasteiger partial charge >= 0.3 is 0 Å². The number of likely N-dealkylation sites (N-methyl/N-ethyl adjacent to an activating group) is 1. The molecule has 25 heavy (non-hydrogen) atoms. The summed E-state index contributed by atoms with van der Waals surface area (Å²) in [5.41, 5.74) is 0. The number of rotatable bonds is 7. The summed E-state index contributed by atoms with van der Waals surface area (Å²) in [6.07, 6.45) is 1.59. The van der Waals surface area contributed by atoms with Gasteiger partial charge in [0, 0.05) is 39.3 Å². The fraction of sp³-hybridized carbons (Fsp3) is 0.588. The van der Waals surface area contributed by atoms with Crippen molar-refractivity contribution in [1.82, 2.24) is 24.8 Å². The van der Waals surface area contributed by atoms with Crippen LogP contribution in [0.4, 0.5) is 0 Å². The molecule has 1 saturated heterocycles. The fourth-order valence-electron chi connectivity index (χ4n) is 2.99. The van der Waals surface area contributed by atoms with Gasteiger partial charge < -0.3 is 13.8 Å². The van der Waals surface area contributed by atoms with Crippen molar-refractivity contribution in [2.75, 3.05) is 45.8 Å². The summed E-state index contributed by atoms with van der Waals surface area (Å²) in [7, 11) is 0. The zero-order valence-corrected chi connectivity index (χ0v) is 14.8. The highest BCUT2D eigenvalue weighted by Crippen LogP contribution is 2.16. The van der Waals surface area contributed by atoms with Crippen molar-refractivity contribution < 1.29 is 13.7 Å². The second-order valence-corrected chi connectivity index (χ2v) is 6.11. The number of carbonyl (C=O) groups is 1. The molecule has 1 amide bonds. The predicted molar refractivity (Wildman–Crippen MR) is 91.6 cm³/mol. The zero-order chi connectivity index (χ0) is 17.6. The van der Waals surface area contributed by atoms with E-state index in [1.54, 1.807) is 18.4 Å². The topological polar surface area (TPSA) is 78.9 Å². The number of hydrogen-bond acceptors (Lipinski definition) is 7. The van der Waals surface area contributed by atoms with Crippen molar-refractivity contribution >= 4 is 5.91 Å². The molecule has 0 saturated carbocycles. The molecule has 0 bridgehead atoms. The molecule has 2 aromatic rings. The average Bonchev–Trinajstić information content (AvgIpc) is 3.29. The molecule has 136 valence electrons. The van der Waals surface area contributed by atoms with E-state index in [4.69, 9.17) is 8.94 Å². The van der Waals surface area contributed by atoms with Gasteiger partial charge in [-0.05, 0) is 26.0 Å². The summed E-state index contributed by atoms with van der Waals surface area (Å²) in [4.78, 5) is 22.9. The number of furan rings is 1. The monoisotopic (exact) mass is 347 g/mol. The molecule has 0 atom stereocenters. The summed E-state index contributed by atoms with van der Waals surface area (Å²) in [5.74, 6) is 1.87. The van der Waals surface area contributed by atoms with Crippen LogP contribution in [-0.4, -0.2) is 76.6 Å². The number of aromatic nitrogens is 2. The smallest absolute Gasteiger partial charge is 0.241 e. The van der Waals surface area contributed by atoms with Gasteiger partial charge in [0.1, 0.15) is 0 Å². The highest BCUT2D eigenvalue weighted by atomic mass is 16.5. The third kappa shape index (κ3) is 4.46. The van der Waals surface area contributed by atoms with Gasteiger partial charge in [-0.2, -0.15) is 4.98 Å². The number of piperazine rings is 1. The van der Waals surface area contributed by atoms with E-state index in [2.05, 4.69) is 19.9 Å². The van der Waals surface area contributed by atoms with Crippen LogP contribution in [0.3, 0.4) is 0 Å². The number of carbonyl (C=O) groups excluding carboxylic acids is 1. The molecule has 0 radical (unpaired) electrons. The molecule has 0 spiro atoms. The van der Waals surface area contributed by atoms with Crippen molar-refractivity contribution in [2.45, 2.75) is 20.4 Å². The lowest BCUT2D eigenvalue weighted by molar-refractivity contribution is -0.132. The van der Waals surface area contributed by atoms with E-state index < -0.39 is 0 Å². The van der Waals surface area contributed by atoms with E-state index in [0.717, 1.165) is 39.3 Å². The summed E-state index contributed by atoms with van der Waals surface area (Å²) in [6.45, 7) is 10.2. The number of hydrogen-bond donors (Lipinski definition) is 0. The van der Waals surface area contributed by atoms with Gasteiger partial charge in [0.05, 0.1) is 19.4 Å². The third-order valence-electron chi connectivity index (χ3n) is 4.51. The molecule has 1 aliphatic rings. The molecule has 3 heterocycles. The summed E-state index contributed by atoms with van der Waals surface area (Å²) >= 11 is 0. The third-order valence-corrected chi connectivity index (χ3v) is 4.51. The maximum atomic E-state index is 12.2. The minimum absolute atomic E-state index is 0.207. The second kappa shape index (κ2) is 8.26. The Labute approximate surface area is 147 Å². The first-order valence-electron chi connectivity index (χ1n) is 8.78. The van der Waals surface area contributed by atoms with Crippen molar-refractivity contribution in [3.63, 3.8) is 0 Å². The van der Waals surface area contributed by atoms with Crippen LogP contribution >= 0.6 is 0 Å². The first-order chi connectivity index (χ1) is 12.2. The van der Waals surface area contributed by atoms with Gasteiger partial charge in [0.25, 0.3) is 0 Å². The highest BCUT2D eigenvalue weighted by Gasteiger charge is 2.22. The van der Waals surface area contributed by atoms with Gasteiger partial charge in [0.2, 0.25) is 17.6 Å². The zero-order valence-electron chi connectivity index (χ0n) is 14.8. The largest absolute Gasteiger partial charge is 0.461 e. The first kappa shape index (κ1) is 17.6. The van der Waals surface area contributed by atoms with Crippen molar-refractivity contribution in [3.05, 3.63) is 24.3 Å². The van der Waals surface area contributed by atoms with Gasteiger partial charge in [-0.1, -0.05) is 5.16 Å². The van der Waals surface area contributed by atoms with Crippen LogP contribution < -0.4 is 0 Å². The second-order valence-electron chi connectivity index (χ2n) is 6.11. The molecule has 0 aromatic carbocycles. The van der Waals surface area contributed by atoms with Crippen molar-refractivity contribution in [3.8, 4) is 11.6 Å². The molecule has 8 nitrogen and oxygen atoms in total. The SMILES string of the molecule is CCN(CC)C(=O)CN1CCN(Cc2nc(-c3ccco3)no2)CC1. The normalized spacial score (nSPS) is 16.2. The maximum Gasteiger partial charge on any atom is 0.241 e. The predicted octanol–water partition coefficient (Wildman–Crippen LogP) is 1.32. The van der Waals surface area contributed by atoms with E-state index >= 15 is 0 Å². The number of amides is 1. The fourth-order valence-corrected chi connectivity index (χ4v) is 2.99. The van der Waals surface area contributed by atoms with Crippen molar-refractivity contribution in [2.24, 2.45) is 0 Å². The van der Waals surface area contributed by atoms with Crippen LogP contribution in [0, 0.1) is 0 Å². The van der Waals surface area contributed by atoms with E-state index in [9.17, 15) is 4.79 Å². The Kier molecular flexibility index (Phi) is 5.83. The van der Waals surface area contributed by atoms with Gasteiger partial charge in [-0.3, -0.25) is 14.6 Å². The first-order valence-corrected chi connectivity index (χ1v) is 8.78. The Morgan fingerprint density at radius 2 is 1.92 bits per heavy atom. The van der Waals surface area contributed by atoms with Crippen LogP contribution in [-0.2, 0) is 11.3 Å². The van der Waals surface area contributed by atoms with Crippen molar-refractivity contribution in [1.29, 1.82) is 0 Å². The van der Waals surface area contributed by atoms with Gasteiger partial charge in [0.15, 0.2) is 5.76 Å². The van der Waals surface area contributed by atoms with E-state index in [-0.39, 0.29) is 5.91 Å². The Hall–Kier alpha value is -2.19. The molecule has 0 aliphatic carbocycles. The molecule has 0 unspecified atom stereocenters. The summed E-state index contributed by atoms with van der Waals surface area (Å²) < 4.78 is 10.6. The molecule has 1 fully saturated rings. The Morgan fingerprint density at radius 3 is 2.56 bits per heavy atom. The Balaban J connectivity index is 1.46. The van der Waals surface area contributed by atoms with Crippen LogP contribution in [0.15, 0.2) is 27.3 Å². The Morgan fingerprint density at radius 1 is 1.20 bits per heavy atom. The Bertz CT molecular complexity index is 658. The van der Waals surface area contributed by atoms with Gasteiger partial charge in [-0.25, -0.2) is 0 Å². The quantitative estimate of drug-likeness (QED) is 0.747. The lowest BCUT2D eigenvalue weighted by atomic mass is 10.3. The minimum Gasteiger partial charge on any atom is -0.461 e.